The van der Waals surface area contributed by atoms with Crippen LogP contribution in [0.4, 0.5) is 52.7 Å². The fourth-order valence-corrected chi connectivity index (χ4v) is 12.0. The Morgan fingerprint density at radius 2 is 0.642 bits per heavy atom. The minimum atomic E-state index is -4.66. The zero-order chi connectivity index (χ0) is 76.6. The smallest absolute Gasteiger partial charge is 0.406 e. The number of alkyl halides is 9. The number of methoxy groups -OCH3 is 3. The molecule has 0 spiro atoms. The van der Waals surface area contributed by atoms with Crippen LogP contribution in [0.5, 0.6) is 0 Å². The van der Waals surface area contributed by atoms with Crippen molar-refractivity contribution in [1.29, 1.82) is 0 Å². The van der Waals surface area contributed by atoms with Gasteiger partial charge in [0.05, 0.1) is 21.3 Å². The largest absolute Gasteiger partial charge is 0.464 e. The predicted octanol–water partition coefficient (Wildman–Crippen LogP) is 8.82. The maximum atomic E-state index is 14.3. The summed E-state index contributed by atoms with van der Waals surface area (Å²) >= 11 is 0. The lowest BCUT2D eigenvalue weighted by atomic mass is 9.83. The van der Waals surface area contributed by atoms with Crippen molar-refractivity contribution in [2.75, 3.05) is 42.5 Å². The van der Waals surface area contributed by atoms with E-state index in [1.807, 2.05) is 0 Å². The molecule has 0 fully saturated rings. The van der Waals surface area contributed by atoms with Crippen molar-refractivity contribution in [1.82, 2.24) is 43.4 Å². The third-order valence-electron chi connectivity index (χ3n) is 16.9. The lowest BCUT2D eigenvalue weighted by molar-refractivity contribution is -0.141. The van der Waals surface area contributed by atoms with Gasteiger partial charge < -0.3 is 45.1 Å². The number of benzene rings is 3. The van der Waals surface area contributed by atoms with Crippen LogP contribution >= 0.6 is 0 Å². The van der Waals surface area contributed by atoms with Crippen molar-refractivity contribution in [2.24, 2.45) is 32.2 Å². The Kier molecular flexibility index (Phi) is 21.7. The zero-order valence-electron chi connectivity index (χ0n) is 56.1. The van der Waals surface area contributed by atoms with Crippen molar-refractivity contribution in [3.63, 3.8) is 0 Å². The molecule has 24 nitrogen and oxygen atoms in total. The molecule has 0 saturated carbocycles. The number of rotatable bonds is 15. The molecule has 3 radical (unpaired) electrons. The van der Waals surface area contributed by atoms with Crippen LogP contribution in [0.25, 0.3) is 33.4 Å². The van der Waals surface area contributed by atoms with E-state index in [4.69, 9.17) is 17.2 Å². The van der Waals surface area contributed by atoms with Gasteiger partial charge in [0.15, 0.2) is 34.5 Å². The van der Waals surface area contributed by atoms with E-state index in [0.29, 0.717) is 30.4 Å². The molecule has 3 amide bonds. The number of likely N-dealkylation sites (N-methyl/N-ethyl adjacent to an activating group) is 3. The number of aromatic nitrogens is 6. The third kappa shape index (κ3) is 14.8. The second kappa shape index (κ2) is 29.6. The predicted molar refractivity (Wildman–Crippen MR) is 356 cm³/mol. The van der Waals surface area contributed by atoms with Gasteiger partial charge in [0.25, 0.3) is 17.7 Å². The van der Waals surface area contributed by atoms with E-state index in [0.717, 1.165) is 72.8 Å². The molecule has 6 aromatic heterocycles. The normalized spacial score (nSPS) is 17.9. The molecule has 3 aliphatic heterocycles. The molecule has 0 bridgehead atoms. The highest BCUT2D eigenvalue weighted by Crippen LogP contribution is 2.46. The summed E-state index contributed by atoms with van der Waals surface area (Å²) in [5, 5.41) is 0. The molecule has 0 aliphatic carbocycles. The van der Waals surface area contributed by atoms with Crippen LogP contribution in [0.15, 0.2) is 180 Å². The fourth-order valence-electron chi connectivity index (χ4n) is 12.0. The van der Waals surface area contributed by atoms with Crippen LogP contribution in [-0.4, -0.2) is 166 Å². The number of ether oxygens (including phenoxy) is 3. The monoisotopic (exact) mass is 1480 g/mol. The summed E-state index contributed by atoms with van der Waals surface area (Å²) in [5.41, 5.74) is 12.7. The highest BCUT2D eigenvalue weighted by molar-refractivity contribution is 6.11. The van der Waals surface area contributed by atoms with Crippen LogP contribution in [-0.2, 0) is 64.8 Å². The second-order valence-corrected chi connectivity index (χ2v) is 23.4. The van der Waals surface area contributed by atoms with Crippen molar-refractivity contribution in [3.8, 4) is 33.4 Å². The Labute approximate surface area is 594 Å². The molecular formula is C69H57BF12N15O9. The number of hydrogen-bond acceptors (Lipinski definition) is 18. The Morgan fingerprint density at radius 1 is 0.396 bits per heavy atom. The van der Waals surface area contributed by atoms with Crippen molar-refractivity contribution >= 4 is 61.9 Å². The minimum absolute atomic E-state index is 0. The molecule has 37 heteroatoms. The first kappa shape index (κ1) is 77.6. The molecule has 3 atom stereocenters. The number of hydrogen-bond donors (Lipinski definition) is 3. The van der Waals surface area contributed by atoms with Gasteiger partial charge in [0.1, 0.15) is 36.7 Å². The van der Waals surface area contributed by atoms with Crippen molar-refractivity contribution in [2.45, 2.75) is 54.8 Å². The van der Waals surface area contributed by atoms with Gasteiger partial charge in [-0.25, -0.2) is 44.3 Å². The molecule has 3 aromatic carbocycles. The molecule has 3 aliphatic rings. The number of carbonyl (C=O) groups excluding carboxylic acids is 6. The van der Waals surface area contributed by atoms with Gasteiger partial charge in [-0.15, -0.1) is 0 Å². The number of halogens is 12. The molecule has 6 N–H and O–H groups in total. The van der Waals surface area contributed by atoms with Crippen LogP contribution in [0, 0.1) is 17.8 Å². The topological polar surface area (TPSA) is 308 Å². The van der Waals surface area contributed by atoms with Crippen LogP contribution in [0.1, 0.15) is 64.8 Å². The summed E-state index contributed by atoms with van der Waals surface area (Å²) in [6.07, 6.45) is -7.10. The minimum Gasteiger partial charge on any atom is -0.464 e. The van der Waals surface area contributed by atoms with Gasteiger partial charge >= 0.3 is 36.4 Å². The van der Waals surface area contributed by atoms with Gasteiger partial charge in [0, 0.05) is 100 Å². The number of nitrogens with two attached hydrogens (primary N) is 3. The highest BCUT2D eigenvalue weighted by Gasteiger charge is 2.54. The quantitative estimate of drug-likeness (QED) is 0.0284. The molecular weight excluding hydrogens is 1420 g/mol. The molecule has 9 heterocycles. The summed E-state index contributed by atoms with van der Waals surface area (Å²) in [6.45, 7) is -4.51. The van der Waals surface area contributed by atoms with Gasteiger partial charge in [-0.05, 0) is 106 Å². The van der Waals surface area contributed by atoms with E-state index < -0.39 is 125 Å². The fraction of sp³-hybridized carbons (Fsp3) is 0.217. The maximum absolute atomic E-state index is 14.3. The lowest BCUT2D eigenvalue weighted by Gasteiger charge is -2.25. The molecule has 1 unspecified atom stereocenters. The van der Waals surface area contributed by atoms with Gasteiger partial charge in [0.2, 0.25) is 17.8 Å². The first-order chi connectivity index (χ1) is 49.4. The average Bonchev–Trinajstić information content (AvgIpc) is 1.57. The Bertz CT molecular complexity index is 4550. The number of pyridine rings is 3. The average molecular weight is 1480 g/mol. The van der Waals surface area contributed by atoms with Crippen molar-refractivity contribution < 1.29 is 95.7 Å². The third-order valence-corrected chi connectivity index (χ3v) is 16.9. The maximum Gasteiger partial charge on any atom is 0.406 e. The molecule has 106 heavy (non-hydrogen) atoms. The Hall–Kier alpha value is -12.6. The van der Waals surface area contributed by atoms with E-state index in [1.54, 1.807) is 36.4 Å². The van der Waals surface area contributed by atoms with Crippen LogP contribution in [0.2, 0.25) is 0 Å². The van der Waals surface area contributed by atoms with E-state index >= 15 is 0 Å². The number of amides is 3. The zero-order valence-corrected chi connectivity index (χ0v) is 56.1. The SMILES string of the molecule is COC(=O)c1cc(C2(c3cccc(-c4cccnc4F)c3)N=C(N)N(C)C2=O)cn1CC(F)(F)F.COC(=O)c1cc([C@@]2(c3cccc(-c4cccnc4F)c3)N=C(N)N(C)C2=O)cn1CC(F)(F)F.COC(=O)c1cc([C@]2(c3cccc(-c4cccnc4F)c3)N=C(N)N(C)C2=O)cn1CC(F)(F)F.[B]. The molecule has 9 aromatic rings. The van der Waals surface area contributed by atoms with E-state index in [-0.39, 0.29) is 76.4 Å². The van der Waals surface area contributed by atoms with Gasteiger partial charge in [-0.1, -0.05) is 54.6 Å². The van der Waals surface area contributed by atoms with Crippen LogP contribution in [0.3, 0.4) is 0 Å². The summed E-state index contributed by atoms with van der Waals surface area (Å²) in [7, 11) is 7.17. The van der Waals surface area contributed by atoms with Gasteiger partial charge in [-0.2, -0.15) is 52.7 Å². The standard InChI is InChI=1S/3C23H19F4N5O3.B/c3*1-31-20(34)23(30-21(31)28,14-6-3-5-13(9-14)16-7-4-8-29-18(16)24)15-10-17(19(33)35-2)32(11-15)12-22(25,26)27;/h3*3-11H,12H2,1-2H3,(H2,28,30);/t2*23-;;/m10../s1. The lowest BCUT2D eigenvalue weighted by Crippen LogP contribution is -2.41. The summed E-state index contributed by atoms with van der Waals surface area (Å²) in [5.74, 6) is -7.89. The molecule has 0 saturated heterocycles. The Morgan fingerprint density at radius 3 is 0.840 bits per heavy atom. The number of nitrogens with zero attached hydrogens (tertiary/aromatic N) is 12. The summed E-state index contributed by atoms with van der Waals surface area (Å²) in [4.78, 5) is 104. The first-order valence-corrected chi connectivity index (χ1v) is 30.5. The summed E-state index contributed by atoms with van der Waals surface area (Å²) < 4.78 is 178. The molecule has 12 rings (SSSR count). The number of aliphatic imine (C=N–C) groups is 3. The number of esters is 3. The number of guanidine groups is 3. The second-order valence-electron chi connectivity index (χ2n) is 23.4. The molecule has 549 valence electrons. The van der Waals surface area contributed by atoms with Gasteiger partial charge in [-0.3, -0.25) is 29.1 Å². The van der Waals surface area contributed by atoms with Crippen LogP contribution < -0.4 is 17.2 Å². The highest BCUT2D eigenvalue weighted by atomic mass is 19.4. The number of carbonyl (C=O) groups is 6. The summed E-state index contributed by atoms with van der Waals surface area (Å²) in [6, 6.07) is 30.8. The van der Waals surface area contributed by atoms with E-state index in [2.05, 4.69) is 44.1 Å². The van der Waals surface area contributed by atoms with E-state index in [1.165, 1.54) is 113 Å². The van der Waals surface area contributed by atoms with E-state index in [9.17, 15) is 81.5 Å². The Balaban J connectivity index is 0.000000183. The first-order valence-electron chi connectivity index (χ1n) is 30.5. The van der Waals surface area contributed by atoms with Crippen molar-refractivity contribution in [3.05, 3.63) is 233 Å².